The molecule has 1 aromatic rings. The molecule has 19 heavy (non-hydrogen) atoms. The molecule has 1 atom stereocenters. The zero-order valence-electron chi connectivity index (χ0n) is 12.0. The fourth-order valence-corrected chi connectivity index (χ4v) is 2.61. The Kier molecular flexibility index (Phi) is 5.67. The van der Waals surface area contributed by atoms with E-state index in [9.17, 15) is 0 Å². The van der Waals surface area contributed by atoms with Gasteiger partial charge in [-0.3, -0.25) is 0 Å². The highest BCUT2D eigenvalue weighted by Gasteiger charge is 2.12. The van der Waals surface area contributed by atoms with Crippen molar-refractivity contribution in [2.24, 2.45) is 5.73 Å². The zero-order chi connectivity index (χ0) is 13.5. The zero-order valence-corrected chi connectivity index (χ0v) is 12.0. The lowest BCUT2D eigenvalue weighted by atomic mass is 10.0. The molecule has 1 fully saturated rings. The van der Waals surface area contributed by atoms with Crippen LogP contribution >= 0.6 is 0 Å². The number of hydrogen-bond acceptors (Lipinski definition) is 3. The van der Waals surface area contributed by atoms with E-state index < -0.39 is 0 Å². The number of likely N-dealkylation sites (tertiary alicyclic amines) is 1. The summed E-state index contributed by atoms with van der Waals surface area (Å²) in [5, 5.41) is 0. The van der Waals surface area contributed by atoms with Crippen molar-refractivity contribution in [1.29, 1.82) is 0 Å². The van der Waals surface area contributed by atoms with Gasteiger partial charge in [-0.25, -0.2) is 0 Å². The quantitative estimate of drug-likeness (QED) is 0.768. The molecule has 0 aromatic heterocycles. The lowest BCUT2D eigenvalue weighted by Crippen LogP contribution is -2.22. The first kappa shape index (κ1) is 14.4. The van der Waals surface area contributed by atoms with Crippen LogP contribution in [0.5, 0.6) is 5.75 Å². The summed E-state index contributed by atoms with van der Waals surface area (Å²) in [6.45, 7) is 6.56. The van der Waals surface area contributed by atoms with Crippen LogP contribution in [0, 0.1) is 0 Å². The fraction of sp³-hybridized carbons (Fsp3) is 0.625. The molecule has 0 aliphatic carbocycles. The molecule has 0 spiro atoms. The van der Waals surface area contributed by atoms with Gasteiger partial charge < -0.3 is 15.4 Å². The highest BCUT2D eigenvalue weighted by Crippen LogP contribution is 2.25. The Labute approximate surface area is 116 Å². The number of rotatable bonds is 7. The van der Waals surface area contributed by atoms with E-state index in [0.29, 0.717) is 0 Å². The van der Waals surface area contributed by atoms with E-state index in [-0.39, 0.29) is 6.04 Å². The molecule has 1 aromatic carbocycles. The van der Waals surface area contributed by atoms with Crippen molar-refractivity contribution >= 4 is 0 Å². The van der Waals surface area contributed by atoms with Crippen LogP contribution in [0.2, 0.25) is 0 Å². The molecular formula is C16H26N2O. The number of ether oxygens (including phenoxy) is 1. The van der Waals surface area contributed by atoms with Crippen LogP contribution in [0.4, 0.5) is 0 Å². The first-order valence-electron chi connectivity index (χ1n) is 7.51. The Morgan fingerprint density at radius 1 is 1.26 bits per heavy atom. The maximum absolute atomic E-state index is 6.11. The lowest BCUT2D eigenvalue weighted by Gasteiger charge is -2.17. The van der Waals surface area contributed by atoms with Crippen molar-refractivity contribution in [1.82, 2.24) is 4.90 Å². The highest BCUT2D eigenvalue weighted by atomic mass is 16.5. The maximum Gasteiger partial charge on any atom is 0.124 e. The average Bonchev–Trinajstić information content (AvgIpc) is 2.96. The molecule has 0 amide bonds. The summed E-state index contributed by atoms with van der Waals surface area (Å²) >= 11 is 0. The van der Waals surface area contributed by atoms with Gasteiger partial charge in [0.25, 0.3) is 0 Å². The Morgan fingerprint density at radius 3 is 2.74 bits per heavy atom. The van der Waals surface area contributed by atoms with Crippen molar-refractivity contribution < 1.29 is 4.74 Å². The number of nitrogens with two attached hydrogens (primary N) is 1. The fourth-order valence-electron chi connectivity index (χ4n) is 2.61. The second kappa shape index (κ2) is 7.51. The van der Waals surface area contributed by atoms with Gasteiger partial charge >= 0.3 is 0 Å². The minimum absolute atomic E-state index is 0.0785. The molecule has 0 bridgehead atoms. The number of benzene rings is 1. The van der Waals surface area contributed by atoms with E-state index in [1.807, 2.05) is 18.2 Å². The monoisotopic (exact) mass is 262 g/mol. The van der Waals surface area contributed by atoms with E-state index in [0.717, 1.165) is 37.3 Å². The van der Waals surface area contributed by atoms with Crippen LogP contribution in [0.3, 0.4) is 0 Å². The second-order valence-corrected chi connectivity index (χ2v) is 5.30. The topological polar surface area (TPSA) is 38.5 Å². The Bertz CT molecular complexity index is 375. The van der Waals surface area contributed by atoms with Gasteiger partial charge in [0, 0.05) is 18.2 Å². The molecule has 2 rings (SSSR count). The highest BCUT2D eigenvalue weighted by molar-refractivity contribution is 5.35. The molecule has 3 heteroatoms. The summed E-state index contributed by atoms with van der Waals surface area (Å²) in [4.78, 5) is 2.52. The van der Waals surface area contributed by atoms with Crippen molar-refractivity contribution in [2.45, 2.75) is 38.6 Å². The van der Waals surface area contributed by atoms with Gasteiger partial charge in [-0.1, -0.05) is 25.1 Å². The normalized spacial score (nSPS) is 17.6. The summed E-state index contributed by atoms with van der Waals surface area (Å²) < 4.78 is 5.91. The molecular weight excluding hydrogens is 236 g/mol. The van der Waals surface area contributed by atoms with Gasteiger partial charge in [-0.15, -0.1) is 0 Å². The predicted octanol–water partition coefficient (Wildman–Crippen LogP) is 2.96. The van der Waals surface area contributed by atoms with Gasteiger partial charge in [0.1, 0.15) is 5.75 Å². The summed E-state index contributed by atoms with van der Waals surface area (Å²) in [6, 6.07) is 8.23. The van der Waals surface area contributed by atoms with Gasteiger partial charge in [-0.05, 0) is 44.8 Å². The summed E-state index contributed by atoms with van der Waals surface area (Å²) in [7, 11) is 0. The van der Waals surface area contributed by atoms with Gasteiger partial charge in [0.05, 0.1) is 6.61 Å². The molecule has 3 nitrogen and oxygen atoms in total. The first-order valence-corrected chi connectivity index (χ1v) is 7.51. The van der Waals surface area contributed by atoms with Gasteiger partial charge in [0.2, 0.25) is 0 Å². The average molecular weight is 262 g/mol. The van der Waals surface area contributed by atoms with E-state index in [1.165, 1.54) is 25.9 Å². The standard InChI is InChI=1S/C16H26N2O/c1-2-15(17)14-8-3-4-9-16(14)19-13-7-12-18-10-5-6-11-18/h3-4,8-9,15H,2,5-7,10-13,17H2,1H3/t15-/m1/s1. The molecule has 1 heterocycles. The largest absolute Gasteiger partial charge is 0.493 e. The van der Waals surface area contributed by atoms with Crippen LogP contribution in [0.25, 0.3) is 0 Å². The smallest absolute Gasteiger partial charge is 0.124 e. The first-order chi connectivity index (χ1) is 9.31. The van der Waals surface area contributed by atoms with Crippen molar-refractivity contribution in [3.8, 4) is 5.75 Å². The maximum atomic E-state index is 6.11. The summed E-state index contributed by atoms with van der Waals surface area (Å²) in [5.41, 5.74) is 7.24. The van der Waals surface area contributed by atoms with Crippen LogP contribution in [-0.2, 0) is 0 Å². The summed E-state index contributed by atoms with van der Waals surface area (Å²) in [6.07, 6.45) is 4.74. The molecule has 0 saturated carbocycles. The Morgan fingerprint density at radius 2 is 2.00 bits per heavy atom. The van der Waals surface area contributed by atoms with E-state index in [2.05, 4.69) is 17.9 Å². The molecule has 1 saturated heterocycles. The number of hydrogen-bond donors (Lipinski definition) is 1. The molecule has 0 radical (unpaired) electrons. The molecule has 1 aliphatic heterocycles. The molecule has 2 N–H and O–H groups in total. The van der Waals surface area contributed by atoms with Gasteiger partial charge in [0.15, 0.2) is 0 Å². The van der Waals surface area contributed by atoms with E-state index in [4.69, 9.17) is 10.5 Å². The van der Waals surface area contributed by atoms with Crippen LogP contribution < -0.4 is 10.5 Å². The SMILES string of the molecule is CC[C@@H](N)c1ccccc1OCCCN1CCCC1. The lowest BCUT2D eigenvalue weighted by molar-refractivity contribution is 0.261. The minimum atomic E-state index is 0.0785. The van der Waals surface area contributed by atoms with Crippen LogP contribution in [0.15, 0.2) is 24.3 Å². The number of para-hydroxylation sites is 1. The third-order valence-corrected chi connectivity index (χ3v) is 3.83. The third kappa shape index (κ3) is 4.22. The van der Waals surface area contributed by atoms with Crippen LogP contribution in [-0.4, -0.2) is 31.1 Å². The summed E-state index contributed by atoms with van der Waals surface area (Å²) in [5.74, 6) is 0.957. The van der Waals surface area contributed by atoms with Crippen molar-refractivity contribution in [2.75, 3.05) is 26.2 Å². The Hall–Kier alpha value is -1.06. The second-order valence-electron chi connectivity index (χ2n) is 5.30. The van der Waals surface area contributed by atoms with Gasteiger partial charge in [-0.2, -0.15) is 0 Å². The van der Waals surface area contributed by atoms with Crippen molar-refractivity contribution in [3.63, 3.8) is 0 Å². The molecule has 1 aliphatic rings. The minimum Gasteiger partial charge on any atom is -0.493 e. The Balaban J connectivity index is 1.78. The molecule has 106 valence electrons. The van der Waals surface area contributed by atoms with E-state index in [1.54, 1.807) is 0 Å². The third-order valence-electron chi connectivity index (χ3n) is 3.83. The molecule has 0 unspecified atom stereocenters. The van der Waals surface area contributed by atoms with Crippen LogP contribution in [0.1, 0.15) is 44.2 Å². The number of nitrogens with zero attached hydrogens (tertiary/aromatic N) is 1. The predicted molar refractivity (Wildman–Crippen MR) is 79.4 cm³/mol. The van der Waals surface area contributed by atoms with E-state index >= 15 is 0 Å². The van der Waals surface area contributed by atoms with Crippen molar-refractivity contribution in [3.05, 3.63) is 29.8 Å².